The highest BCUT2D eigenvalue weighted by molar-refractivity contribution is 5.85. The van der Waals surface area contributed by atoms with Crippen LogP contribution in [0.25, 0.3) is 0 Å². The number of esters is 1. The molecule has 0 amide bonds. The molecule has 2 aliphatic rings. The van der Waals surface area contributed by atoms with E-state index in [0.29, 0.717) is 31.5 Å². The third-order valence-corrected chi connectivity index (χ3v) is 6.04. The summed E-state index contributed by atoms with van der Waals surface area (Å²) in [6.07, 6.45) is 9.66. The molecule has 2 rings (SSSR count). The Bertz CT molecular complexity index is 501. The summed E-state index contributed by atoms with van der Waals surface area (Å²) in [5.74, 6) is 0.665. The van der Waals surface area contributed by atoms with Gasteiger partial charge in [0.2, 0.25) is 0 Å². The fourth-order valence-corrected chi connectivity index (χ4v) is 4.49. The maximum Gasteiger partial charge on any atom is 0.305 e. The molecule has 0 aromatic carbocycles. The summed E-state index contributed by atoms with van der Waals surface area (Å²) >= 11 is 0. The molecule has 2 N–H and O–H groups in total. The number of fused-ring (bicyclic) bond motifs is 1. The minimum atomic E-state index is -0.693. The van der Waals surface area contributed by atoms with Crippen molar-refractivity contribution in [1.82, 2.24) is 0 Å². The number of carbonyl (C=O) groups excluding carboxylic acids is 2. The van der Waals surface area contributed by atoms with E-state index in [2.05, 4.69) is 11.7 Å². The molecule has 26 heavy (non-hydrogen) atoms. The molecule has 0 radical (unpaired) electrons. The number of ether oxygens (including phenoxy) is 1. The van der Waals surface area contributed by atoms with Crippen molar-refractivity contribution < 1.29 is 24.5 Å². The Morgan fingerprint density at radius 3 is 2.73 bits per heavy atom. The second kappa shape index (κ2) is 10.2. The van der Waals surface area contributed by atoms with Crippen LogP contribution in [0.1, 0.15) is 64.7 Å². The van der Waals surface area contributed by atoms with E-state index >= 15 is 0 Å². The normalized spacial score (nSPS) is 29.6. The number of aliphatic hydroxyl groups is 2. The van der Waals surface area contributed by atoms with Gasteiger partial charge in [-0.1, -0.05) is 38.3 Å². The maximum absolute atomic E-state index is 12.2. The summed E-state index contributed by atoms with van der Waals surface area (Å²) in [5.41, 5.74) is 0. The number of rotatable bonds is 12. The number of unbranched alkanes of at least 4 members (excludes halogenated alkanes) is 3. The molecule has 0 aromatic rings. The highest BCUT2D eigenvalue weighted by Crippen LogP contribution is 2.61. The van der Waals surface area contributed by atoms with Crippen LogP contribution < -0.4 is 0 Å². The molecule has 2 saturated carbocycles. The van der Waals surface area contributed by atoms with Gasteiger partial charge in [0.25, 0.3) is 0 Å². The molecular formula is C21H34O5. The zero-order valence-electron chi connectivity index (χ0n) is 16.1. The van der Waals surface area contributed by atoms with Gasteiger partial charge in [-0.3, -0.25) is 9.59 Å². The molecule has 5 nitrogen and oxygen atoms in total. The van der Waals surface area contributed by atoms with Gasteiger partial charge in [0.15, 0.2) is 0 Å². The zero-order valence-corrected chi connectivity index (χ0v) is 16.1. The quantitative estimate of drug-likeness (QED) is 0.315. The van der Waals surface area contributed by atoms with Crippen molar-refractivity contribution in [2.75, 3.05) is 7.11 Å². The summed E-state index contributed by atoms with van der Waals surface area (Å²) in [6.45, 7) is 2.12. The standard InChI is InChI=1S/C21H34O5/c1-3-4-7-11-16(22)21(25)20-15-13-17(23)14(19(15)20)10-8-5-6-9-12-18(24)26-2/h5,8,14-16,19-22,25H,3-4,6-7,9-13H2,1-2H3. The Labute approximate surface area is 156 Å². The highest BCUT2D eigenvalue weighted by Gasteiger charge is 2.64. The first-order valence-corrected chi connectivity index (χ1v) is 10.1. The summed E-state index contributed by atoms with van der Waals surface area (Å²) < 4.78 is 4.60. The molecule has 5 heteroatoms. The maximum atomic E-state index is 12.2. The largest absolute Gasteiger partial charge is 0.469 e. The van der Waals surface area contributed by atoms with Crippen LogP contribution >= 0.6 is 0 Å². The number of ketones is 1. The Morgan fingerprint density at radius 2 is 2.04 bits per heavy atom. The van der Waals surface area contributed by atoms with Gasteiger partial charge in [-0.05, 0) is 43.4 Å². The first kappa shape index (κ1) is 21.1. The van der Waals surface area contributed by atoms with Gasteiger partial charge in [-0.25, -0.2) is 0 Å². The van der Waals surface area contributed by atoms with Gasteiger partial charge in [-0.15, -0.1) is 0 Å². The van der Waals surface area contributed by atoms with Crippen LogP contribution in [0, 0.1) is 23.7 Å². The molecule has 2 fully saturated rings. The average Bonchev–Trinajstić information content (AvgIpc) is 3.23. The van der Waals surface area contributed by atoms with E-state index in [1.54, 1.807) is 0 Å². The van der Waals surface area contributed by atoms with E-state index in [4.69, 9.17) is 0 Å². The van der Waals surface area contributed by atoms with Gasteiger partial charge in [-0.2, -0.15) is 0 Å². The lowest BCUT2D eigenvalue weighted by atomic mass is 9.90. The van der Waals surface area contributed by atoms with Crippen molar-refractivity contribution in [2.24, 2.45) is 23.7 Å². The van der Waals surface area contributed by atoms with Crippen molar-refractivity contribution in [3.8, 4) is 0 Å². The SMILES string of the molecule is CCCCCC(O)C(O)C1C2CC(=O)C(CC=CCCCC(=O)OC)C21. The van der Waals surface area contributed by atoms with E-state index in [-0.39, 0.29) is 29.6 Å². The van der Waals surface area contributed by atoms with Crippen molar-refractivity contribution in [3.63, 3.8) is 0 Å². The Morgan fingerprint density at radius 1 is 1.27 bits per heavy atom. The molecule has 6 atom stereocenters. The van der Waals surface area contributed by atoms with Crippen molar-refractivity contribution in [1.29, 1.82) is 0 Å². The molecule has 0 bridgehead atoms. The predicted octanol–water partition coefficient (Wildman–Crippen LogP) is 3.03. The van der Waals surface area contributed by atoms with Crippen LogP contribution in [0.4, 0.5) is 0 Å². The van der Waals surface area contributed by atoms with E-state index in [1.165, 1.54) is 7.11 Å². The average molecular weight is 366 g/mol. The van der Waals surface area contributed by atoms with Crippen molar-refractivity contribution in [3.05, 3.63) is 12.2 Å². The van der Waals surface area contributed by atoms with Gasteiger partial charge in [0, 0.05) is 18.8 Å². The summed E-state index contributed by atoms with van der Waals surface area (Å²) in [6, 6.07) is 0. The van der Waals surface area contributed by atoms with Gasteiger partial charge in [0.05, 0.1) is 19.3 Å². The fourth-order valence-electron chi connectivity index (χ4n) is 4.49. The first-order valence-electron chi connectivity index (χ1n) is 10.1. The third kappa shape index (κ3) is 5.40. The van der Waals surface area contributed by atoms with Crippen LogP contribution in [0.2, 0.25) is 0 Å². The number of carbonyl (C=O) groups is 2. The third-order valence-electron chi connectivity index (χ3n) is 6.04. The number of allylic oxidation sites excluding steroid dienone is 2. The van der Waals surface area contributed by atoms with Crippen LogP contribution in [0.15, 0.2) is 12.2 Å². The first-order chi connectivity index (χ1) is 12.5. The number of methoxy groups -OCH3 is 1. The molecule has 148 valence electrons. The second-order valence-electron chi connectivity index (χ2n) is 7.82. The highest BCUT2D eigenvalue weighted by atomic mass is 16.5. The molecule has 0 spiro atoms. The Balaban J connectivity index is 1.73. The second-order valence-corrected chi connectivity index (χ2v) is 7.82. The lowest BCUT2D eigenvalue weighted by molar-refractivity contribution is -0.140. The molecular weight excluding hydrogens is 332 g/mol. The number of Topliss-reactive ketones (excluding diaryl/α,β-unsaturated/α-hetero) is 1. The molecule has 0 aromatic heterocycles. The van der Waals surface area contributed by atoms with Crippen LogP contribution in [0.5, 0.6) is 0 Å². The number of aliphatic hydroxyl groups excluding tert-OH is 2. The van der Waals surface area contributed by atoms with E-state index < -0.39 is 12.2 Å². The molecule has 2 aliphatic carbocycles. The number of hydrogen-bond donors (Lipinski definition) is 2. The molecule has 6 unspecified atom stereocenters. The topological polar surface area (TPSA) is 83.8 Å². The monoisotopic (exact) mass is 366 g/mol. The minimum absolute atomic E-state index is 0.0145. The van der Waals surface area contributed by atoms with Gasteiger partial charge in [0.1, 0.15) is 5.78 Å². The molecule has 0 heterocycles. The van der Waals surface area contributed by atoms with Crippen LogP contribution in [-0.2, 0) is 14.3 Å². The summed E-state index contributed by atoms with van der Waals surface area (Å²) in [5, 5.41) is 20.7. The minimum Gasteiger partial charge on any atom is -0.469 e. The zero-order chi connectivity index (χ0) is 19.1. The van der Waals surface area contributed by atoms with Crippen molar-refractivity contribution in [2.45, 2.75) is 76.9 Å². The molecule has 0 saturated heterocycles. The fraction of sp³-hybridized carbons (Fsp3) is 0.810. The van der Waals surface area contributed by atoms with Crippen LogP contribution in [0.3, 0.4) is 0 Å². The molecule has 0 aliphatic heterocycles. The predicted molar refractivity (Wildman–Crippen MR) is 99.4 cm³/mol. The summed E-state index contributed by atoms with van der Waals surface area (Å²) in [4.78, 5) is 23.2. The Hall–Kier alpha value is -1.20. The van der Waals surface area contributed by atoms with Crippen LogP contribution in [-0.4, -0.2) is 41.3 Å². The number of hydrogen-bond acceptors (Lipinski definition) is 5. The van der Waals surface area contributed by atoms with E-state index in [9.17, 15) is 19.8 Å². The summed E-state index contributed by atoms with van der Waals surface area (Å²) in [7, 11) is 1.39. The van der Waals surface area contributed by atoms with E-state index in [1.807, 2.05) is 12.2 Å². The van der Waals surface area contributed by atoms with Crippen molar-refractivity contribution >= 4 is 11.8 Å². The smallest absolute Gasteiger partial charge is 0.305 e. The Kier molecular flexibility index (Phi) is 8.29. The van der Waals surface area contributed by atoms with E-state index in [0.717, 1.165) is 32.1 Å². The van der Waals surface area contributed by atoms with Gasteiger partial charge < -0.3 is 14.9 Å². The van der Waals surface area contributed by atoms with Gasteiger partial charge >= 0.3 is 5.97 Å². The lowest BCUT2D eigenvalue weighted by Crippen LogP contribution is -2.31. The lowest BCUT2D eigenvalue weighted by Gasteiger charge is -2.21.